The fourth-order valence-electron chi connectivity index (χ4n) is 1.17. The lowest BCUT2D eigenvalue weighted by molar-refractivity contribution is 0.339. The molecule has 0 spiro atoms. The van der Waals surface area contributed by atoms with E-state index in [-0.39, 0.29) is 0 Å². The monoisotopic (exact) mass is 242 g/mol. The van der Waals surface area contributed by atoms with E-state index in [4.69, 9.17) is 4.74 Å². The van der Waals surface area contributed by atoms with Gasteiger partial charge in [-0.15, -0.1) is 0 Å². The maximum atomic E-state index is 5.45. The zero-order chi connectivity index (χ0) is 9.84. The molecule has 0 amide bonds. The number of hydrogen-bond donors (Lipinski definition) is 0. The van der Waals surface area contributed by atoms with E-state index >= 15 is 0 Å². The SMILES string of the molecule is CCOc1cc(Br)cc(C(C)C)c1. The summed E-state index contributed by atoms with van der Waals surface area (Å²) < 4.78 is 6.53. The molecule has 0 saturated carbocycles. The molecule has 0 aliphatic carbocycles. The minimum atomic E-state index is 0.539. The van der Waals surface area contributed by atoms with E-state index in [9.17, 15) is 0 Å². The van der Waals surface area contributed by atoms with Gasteiger partial charge in [0.05, 0.1) is 6.61 Å². The molecule has 0 aliphatic rings. The maximum absolute atomic E-state index is 5.45. The van der Waals surface area contributed by atoms with Crippen LogP contribution in [0.25, 0.3) is 0 Å². The van der Waals surface area contributed by atoms with Gasteiger partial charge in [0.25, 0.3) is 0 Å². The summed E-state index contributed by atoms with van der Waals surface area (Å²) in [5.41, 5.74) is 1.30. The summed E-state index contributed by atoms with van der Waals surface area (Å²) in [4.78, 5) is 0. The van der Waals surface area contributed by atoms with Crippen LogP contribution in [0.1, 0.15) is 32.3 Å². The number of benzene rings is 1. The Labute approximate surface area is 88.2 Å². The Balaban J connectivity index is 2.96. The zero-order valence-electron chi connectivity index (χ0n) is 8.30. The van der Waals surface area contributed by atoms with E-state index in [2.05, 4.69) is 41.9 Å². The molecule has 72 valence electrons. The molecule has 1 aromatic rings. The van der Waals surface area contributed by atoms with Crippen molar-refractivity contribution in [1.82, 2.24) is 0 Å². The van der Waals surface area contributed by atoms with Gasteiger partial charge in [0.2, 0.25) is 0 Å². The van der Waals surface area contributed by atoms with Crippen molar-refractivity contribution >= 4 is 15.9 Å². The van der Waals surface area contributed by atoms with Crippen molar-refractivity contribution in [3.8, 4) is 5.75 Å². The van der Waals surface area contributed by atoms with Gasteiger partial charge < -0.3 is 4.74 Å². The third kappa shape index (κ3) is 3.03. The van der Waals surface area contributed by atoms with Crippen LogP contribution in [0.15, 0.2) is 22.7 Å². The van der Waals surface area contributed by atoms with E-state index in [0.717, 1.165) is 10.2 Å². The van der Waals surface area contributed by atoms with Crippen LogP contribution >= 0.6 is 15.9 Å². The lowest BCUT2D eigenvalue weighted by Gasteiger charge is -2.09. The van der Waals surface area contributed by atoms with Gasteiger partial charge in [0.15, 0.2) is 0 Å². The number of rotatable bonds is 3. The third-order valence-corrected chi connectivity index (χ3v) is 2.33. The summed E-state index contributed by atoms with van der Waals surface area (Å²) in [7, 11) is 0. The highest BCUT2D eigenvalue weighted by molar-refractivity contribution is 9.10. The molecule has 0 radical (unpaired) electrons. The highest BCUT2D eigenvalue weighted by Gasteiger charge is 2.03. The first-order chi connectivity index (χ1) is 6.13. The first-order valence-electron chi connectivity index (χ1n) is 4.56. The summed E-state index contributed by atoms with van der Waals surface area (Å²) in [5.74, 6) is 1.48. The van der Waals surface area contributed by atoms with Crippen LogP contribution in [0.2, 0.25) is 0 Å². The van der Waals surface area contributed by atoms with Crippen LogP contribution < -0.4 is 4.74 Å². The molecule has 0 N–H and O–H groups in total. The first-order valence-corrected chi connectivity index (χ1v) is 5.36. The molecule has 1 rings (SSSR count). The molecule has 0 bridgehead atoms. The van der Waals surface area contributed by atoms with Crippen LogP contribution in [0.4, 0.5) is 0 Å². The second kappa shape index (κ2) is 4.66. The fraction of sp³-hybridized carbons (Fsp3) is 0.455. The molecular weight excluding hydrogens is 228 g/mol. The highest BCUT2D eigenvalue weighted by atomic mass is 79.9. The van der Waals surface area contributed by atoms with Crippen molar-refractivity contribution in [1.29, 1.82) is 0 Å². The normalized spacial score (nSPS) is 10.5. The first kappa shape index (κ1) is 10.6. The van der Waals surface area contributed by atoms with E-state index in [0.29, 0.717) is 12.5 Å². The van der Waals surface area contributed by atoms with Gasteiger partial charge in [-0.2, -0.15) is 0 Å². The summed E-state index contributed by atoms with van der Waals surface area (Å²) in [6.07, 6.45) is 0. The maximum Gasteiger partial charge on any atom is 0.120 e. The topological polar surface area (TPSA) is 9.23 Å². The molecule has 1 aromatic carbocycles. The Bertz CT molecular complexity index is 281. The Kier molecular flexibility index (Phi) is 3.79. The van der Waals surface area contributed by atoms with Gasteiger partial charge in [-0.1, -0.05) is 29.8 Å². The zero-order valence-corrected chi connectivity index (χ0v) is 9.89. The van der Waals surface area contributed by atoms with Crippen molar-refractivity contribution in [3.05, 3.63) is 28.2 Å². The van der Waals surface area contributed by atoms with Crippen molar-refractivity contribution < 1.29 is 4.74 Å². The fourth-order valence-corrected chi connectivity index (χ4v) is 1.66. The van der Waals surface area contributed by atoms with E-state index < -0.39 is 0 Å². The van der Waals surface area contributed by atoms with Gasteiger partial charge in [0.1, 0.15) is 5.75 Å². The summed E-state index contributed by atoms with van der Waals surface area (Å²) in [6, 6.07) is 6.22. The molecule has 0 heterocycles. The molecule has 13 heavy (non-hydrogen) atoms. The van der Waals surface area contributed by atoms with Crippen LogP contribution in [-0.4, -0.2) is 6.61 Å². The van der Waals surface area contributed by atoms with Gasteiger partial charge in [-0.3, -0.25) is 0 Å². The second-order valence-electron chi connectivity index (χ2n) is 3.31. The highest BCUT2D eigenvalue weighted by Crippen LogP contribution is 2.25. The molecule has 0 atom stereocenters. The quantitative estimate of drug-likeness (QED) is 0.780. The van der Waals surface area contributed by atoms with Gasteiger partial charge in [-0.05, 0) is 36.6 Å². The standard InChI is InChI=1S/C11H15BrO/c1-4-13-11-6-9(8(2)3)5-10(12)7-11/h5-8H,4H2,1-3H3. The van der Waals surface area contributed by atoms with E-state index in [1.807, 2.05) is 13.0 Å². The van der Waals surface area contributed by atoms with Crippen LogP contribution in [0.3, 0.4) is 0 Å². The predicted molar refractivity (Wildman–Crippen MR) is 59.4 cm³/mol. The Hall–Kier alpha value is -0.500. The lowest BCUT2D eigenvalue weighted by atomic mass is 10.0. The Morgan fingerprint density at radius 2 is 2.00 bits per heavy atom. The van der Waals surface area contributed by atoms with Gasteiger partial charge in [-0.25, -0.2) is 0 Å². The average Bonchev–Trinajstić information content (AvgIpc) is 2.03. The summed E-state index contributed by atoms with van der Waals surface area (Å²) in [5, 5.41) is 0. The molecule has 0 fully saturated rings. The van der Waals surface area contributed by atoms with Gasteiger partial charge >= 0.3 is 0 Å². The number of halogens is 1. The molecular formula is C11H15BrO. The molecule has 0 saturated heterocycles. The molecule has 0 aliphatic heterocycles. The van der Waals surface area contributed by atoms with Crippen molar-refractivity contribution in [3.63, 3.8) is 0 Å². The Morgan fingerprint density at radius 3 is 2.54 bits per heavy atom. The van der Waals surface area contributed by atoms with Gasteiger partial charge in [0, 0.05) is 4.47 Å². The van der Waals surface area contributed by atoms with Crippen molar-refractivity contribution in [2.24, 2.45) is 0 Å². The lowest BCUT2D eigenvalue weighted by Crippen LogP contribution is -1.94. The smallest absolute Gasteiger partial charge is 0.120 e. The van der Waals surface area contributed by atoms with E-state index in [1.165, 1.54) is 5.56 Å². The van der Waals surface area contributed by atoms with Crippen LogP contribution in [0, 0.1) is 0 Å². The largest absolute Gasteiger partial charge is 0.494 e. The number of hydrogen-bond acceptors (Lipinski definition) is 1. The molecule has 0 aromatic heterocycles. The summed E-state index contributed by atoms with van der Waals surface area (Å²) in [6.45, 7) is 7.07. The average molecular weight is 243 g/mol. The minimum absolute atomic E-state index is 0.539. The Morgan fingerprint density at radius 1 is 1.31 bits per heavy atom. The molecule has 2 heteroatoms. The van der Waals surface area contributed by atoms with Crippen molar-refractivity contribution in [2.75, 3.05) is 6.61 Å². The molecule has 1 nitrogen and oxygen atoms in total. The second-order valence-corrected chi connectivity index (χ2v) is 4.22. The number of ether oxygens (including phenoxy) is 1. The van der Waals surface area contributed by atoms with Crippen LogP contribution in [0.5, 0.6) is 5.75 Å². The van der Waals surface area contributed by atoms with Crippen molar-refractivity contribution in [2.45, 2.75) is 26.7 Å². The van der Waals surface area contributed by atoms with E-state index in [1.54, 1.807) is 0 Å². The minimum Gasteiger partial charge on any atom is -0.494 e. The van der Waals surface area contributed by atoms with Crippen LogP contribution in [-0.2, 0) is 0 Å². The third-order valence-electron chi connectivity index (χ3n) is 1.87. The molecule has 0 unspecified atom stereocenters. The predicted octanol–water partition coefficient (Wildman–Crippen LogP) is 3.97. The summed E-state index contributed by atoms with van der Waals surface area (Å²) >= 11 is 3.47.